The number of hydrogen-bond donors (Lipinski definition) is 2. The van der Waals surface area contributed by atoms with Crippen molar-refractivity contribution in [1.82, 2.24) is 9.88 Å². The lowest BCUT2D eigenvalue weighted by Gasteiger charge is -2.36. The largest absolute Gasteiger partial charge is 0.396 e. The van der Waals surface area contributed by atoms with Crippen LogP contribution in [-0.4, -0.2) is 47.9 Å². The van der Waals surface area contributed by atoms with Crippen LogP contribution in [0.5, 0.6) is 0 Å². The molecule has 5 nitrogen and oxygen atoms in total. The Hall–Kier alpha value is -1.76. The van der Waals surface area contributed by atoms with Gasteiger partial charge in [0.2, 0.25) is 0 Å². The summed E-state index contributed by atoms with van der Waals surface area (Å²) in [6.45, 7) is 3.63. The fourth-order valence-corrected chi connectivity index (χ4v) is 4.15. The predicted octanol–water partition coefficient (Wildman–Crippen LogP) is 1.50. The molecule has 2 atom stereocenters. The number of H-pyrrole nitrogens is 1. The maximum Gasteiger partial charge on any atom is 0.189 e. The van der Waals surface area contributed by atoms with Gasteiger partial charge >= 0.3 is 0 Å². The first-order chi connectivity index (χ1) is 11.6. The van der Waals surface area contributed by atoms with E-state index in [4.69, 9.17) is 4.74 Å². The fourth-order valence-electron chi connectivity index (χ4n) is 4.15. The third kappa shape index (κ3) is 2.55. The van der Waals surface area contributed by atoms with Gasteiger partial charge in [0.25, 0.3) is 0 Å². The molecule has 2 N–H and O–H groups in total. The monoisotopic (exact) mass is 332 g/mol. The smallest absolute Gasteiger partial charge is 0.189 e. The number of aromatic nitrogens is 1. The van der Waals surface area contributed by atoms with Crippen molar-refractivity contribution >= 4 is 10.9 Å². The molecule has 2 aliphatic heterocycles. The van der Waals surface area contributed by atoms with E-state index in [1.807, 2.05) is 0 Å². The van der Waals surface area contributed by atoms with Crippen LogP contribution in [0.1, 0.15) is 12.1 Å². The van der Waals surface area contributed by atoms with E-state index in [9.17, 15) is 14.3 Å². The lowest BCUT2D eigenvalue weighted by molar-refractivity contribution is -0.0417. The number of benzene rings is 1. The van der Waals surface area contributed by atoms with Gasteiger partial charge in [0.1, 0.15) is 5.82 Å². The van der Waals surface area contributed by atoms with E-state index in [1.165, 1.54) is 6.07 Å². The minimum absolute atomic E-state index is 0.110. The summed E-state index contributed by atoms with van der Waals surface area (Å²) >= 11 is 0. The SMILES string of the molecule is O=c1cc(CN2C[C@@H]3COCC[C@]3(CO)C2)[nH]c2c(F)cccc12. The number of aliphatic hydroxyl groups excluding tert-OH is 1. The number of rotatable bonds is 3. The van der Waals surface area contributed by atoms with E-state index in [0.29, 0.717) is 36.8 Å². The van der Waals surface area contributed by atoms with Gasteiger partial charge in [0, 0.05) is 54.7 Å². The Morgan fingerprint density at radius 2 is 2.33 bits per heavy atom. The minimum Gasteiger partial charge on any atom is -0.396 e. The second kappa shape index (κ2) is 5.95. The molecule has 3 heterocycles. The molecule has 128 valence electrons. The molecule has 0 bridgehead atoms. The van der Waals surface area contributed by atoms with Crippen molar-refractivity contribution in [3.8, 4) is 0 Å². The quantitative estimate of drug-likeness (QED) is 0.894. The van der Waals surface area contributed by atoms with Gasteiger partial charge in [-0.2, -0.15) is 0 Å². The number of nitrogens with one attached hydrogen (secondary N) is 1. The van der Waals surface area contributed by atoms with Crippen molar-refractivity contribution in [1.29, 1.82) is 0 Å². The molecule has 0 radical (unpaired) electrons. The molecule has 0 aliphatic carbocycles. The highest BCUT2D eigenvalue weighted by Gasteiger charge is 2.47. The number of aliphatic hydroxyl groups is 1. The summed E-state index contributed by atoms with van der Waals surface area (Å²) in [5.41, 5.74) is 0.679. The maximum atomic E-state index is 14.0. The molecule has 2 saturated heterocycles. The summed E-state index contributed by atoms with van der Waals surface area (Å²) in [4.78, 5) is 17.5. The summed E-state index contributed by atoms with van der Waals surface area (Å²) in [7, 11) is 0. The molecule has 4 rings (SSSR count). The van der Waals surface area contributed by atoms with E-state index >= 15 is 0 Å². The summed E-state index contributed by atoms with van der Waals surface area (Å²) in [5, 5.41) is 10.2. The zero-order valence-electron chi connectivity index (χ0n) is 13.4. The highest BCUT2D eigenvalue weighted by molar-refractivity contribution is 5.78. The van der Waals surface area contributed by atoms with Crippen LogP contribution >= 0.6 is 0 Å². The Morgan fingerprint density at radius 1 is 1.46 bits per heavy atom. The van der Waals surface area contributed by atoms with Gasteiger partial charge in [-0.15, -0.1) is 0 Å². The molecule has 24 heavy (non-hydrogen) atoms. The van der Waals surface area contributed by atoms with Crippen LogP contribution in [0.3, 0.4) is 0 Å². The van der Waals surface area contributed by atoms with Gasteiger partial charge < -0.3 is 14.8 Å². The van der Waals surface area contributed by atoms with Gasteiger partial charge in [-0.1, -0.05) is 6.07 Å². The molecule has 1 aromatic carbocycles. The lowest BCUT2D eigenvalue weighted by atomic mass is 9.75. The van der Waals surface area contributed by atoms with E-state index in [1.54, 1.807) is 18.2 Å². The van der Waals surface area contributed by atoms with Crippen molar-refractivity contribution in [2.24, 2.45) is 11.3 Å². The maximum absolute atomic E-state index is 14.0. The van der Waals surface area contributed by atoms with E-state index < -0.39 is 5.82 Å². The second-order valence-corrected chi connectivity index (χ2v) is 7.03. The number of para-hydroxylation sites is 1. The van der Waals surface area contributed by atoms with Crippen LogP contribution in [0, 0.1) is 17.2 Å². The van der Waals surface area contributed by atoms with Crippen LogP contribution in [0.2, 0.25) is 0 Å². The van der Waals surface area contributed by atoms with Crippen molar-refractivity contribution in [3.63, 3.8) is 0 Å². The Bertz CT molecular complexity index is 822. The molecule has 0 spiro atoms. The van der Waals surface area contributed by atoms with Crippen molar-refractivity contribution in [3.05, 3.63) is 46.0 Å². The Balaban J connectivity index is 1.61. The minimum atomic E-state index is -0.415. The molecule has 2 fully saturated rings. The molecular formula is C18H21FN2O3. The van der Waals surface area contributed by atoms with Crippen molar-refractivity contribution in [2.75, 3.05) is 32.9 Å². The normalized spacial score (nSPS) is 27.5. The molecule has 2 aliphatic rings. The first kappa shape index (κ1) is 15.7. The average Bonchev–Trinajstić information content (AvgIpc) is 2.94. The number of ether oxygens (including phenoxy) is 1. The Morgan fingerprint density at radius 3 is 3.12 bits per heavy atom. The zero-order valence-corrected chi connectivity index (χ0v) is 13.4. The average molecular weight is 332 g/mol. The summed E-state index contributed by atoms with van der Waals surface area (Å²) in [6, 6.07) is 6.07. The number of halogens is 1. The third-order valence-corrected chi connectivity index (χ3v) is 5.53. The van der Waals surface area contributed by atoms with Gasteiger partial charge in [0.05, 0.1) is 18.7 Å². The molecule has 0 amide bonds. The number of nitrogens with zero attached hydrogens (tertiary/aromatic N) is 1. The first-order valence-electron chi connectivity index (χ1n) is 8.33. The van der Waals surface area contributed by atoms with Gasteiger partial charge in [0.15, 0.2) is 5.43 Å². The highest BCUT2D eigenvalue weighted by atomic mass is 19.1. The van der Waals surface area contributed by atoms with E-state index in [-0.39, 0.29) is 23.0 Å². The number of aromatic amines is 1. The molecule has 6 heteroatoms. The summed E-state index contributed by atoms with van der Waals surface area (Å²) in [5.74, 6) is -0.109. The number of pyridine rings is 1. The predicted molar refractivity (Wildman–Crippen MR) is 88.2 cm³/mol. The first-order valence-corrected chi connectivity index (χ1v) is 8.33. The second-order valence-electron chi connectivity index (χ2n) is 7.03. The number of likely N-dealkylation sites (tertiary alicyclic amines) is 1. The van der Waals surface area contributed by atoms with Crippen LogP contribution in [0.25, 0.3) is 10.9 Å². The molecular weight excluding hydrogens is 311 g/mol. The molecule has 2 aromatic rings. The van der Waals surface area contributed by atoms with Crippen LogP contribution < -0.4 is 5.43 Å². The van der Waals surface area contributed by atoms with Gasteiger partial charge in [-0.25, -0.2) is 4.39 Å². The zero-order chi connectivity index (χ0) is 16.7. The summed E-state index contributed by atoms with van der Waals surface area (Å²) < 4.78 is 19.5. The van der Waals surface area contributed by atoms with Crippen molar-refractivity contribution in [2.45, 2.75) is 13.0 Å². The van der Waals surface area contributed by atoms with Gasteiger partial charge in [-0.05, 0) is 18.6 Å². The molecule has 0 unspecified atom stereocenters. The fraction of sp³-hybridized carbons (Fsp3) is 0.500. The van der Waals surface area contributed by atoms with Crippen molar-refractivity contribution < 1.29 is 14.2 Å². The van der Waals surface area contributed by atoms with Crippen LogP contribution in [-0.2, 0) is 11.3 Å². The van der Waals surface area contributed by atoms with E-state index in [2.05, 4.69) is 9.88 Å². The molecule has 1 aromatic heterocycles. The number of hydrogen-bond acceptors (Lipinski definition) is 4. The standard InChI is InChI=1S/C18H21FN2O3/c19-15-3-1-2-14-16(23)6-13(20-17(14)15)8-21-7-12-9-24-5-4-18(12,10-21)11-22/h1-3,6,12,22H,4-5,7-11H2,(H,20,23)/t12-,18-/m1/s1. The topological polar surface area (TPSA) is 65.6 Å². The Kier molecular flexibility index (Phi) is 3.90. The third-order valence-electron chi connectivity index (χ3n) is 5.53. The van der Waals surface area contributed by atoms with E-state index in [0.717, 1.165) is 19.5 Å². The van der Waals surface area contributed by atoms with Crippen LogP contribution in [0.15, 0.2) is 29.1 Å². The lowest BCUT2D eigenvalue weighted by Crippen LogP contribution is -2.41. The van der Waals surface area contributed by atoms with Crippen LogP contribution in [0.4, 0.5) is 4.39 Å². The Labute approximate surface area is 139 Å². The van der Waals surface area contributed by atoms with Gasteiger partial charge in [-0.3, -0.25) is 9.69 Å². The summed E-state index contributed by atoms with van der Waals surface area (Å²) in [6.07, 6.45) is 0.855. The molecule has 0 saturated carbocycles. The highest BCUT2D eigenvalue weighted by Crippen LogP contribution is 2.42. The number of fused-ring (bicyclic) bond motifs is 2.